The molecule has 0 saturated carbocycles. The molecule has 4 nitrogen and oxygen atoms in total. The Hall–Kier alpha value is -3.08. The predicted molar refractivity (Wildman–Crippen MR) is 122 cm³/mol. The van der Waals surface area contributed by atoms with Gasteiger partial charge in [0.2, 0.25) is 0 Å². The number of likely N-dealkylation sites (N-methyl/N-ethyl adjacent to an activating group) is 1. The van der Waals surface area contributed by atoms with E-state index in [-0.39, 0.29) is 23.3 Å². The molecule has 1 heterocycles. The Balaban J connectivity index is 1.66. The minimum absolute atomic E-state index is 0.119. The highest BCUT2D eigenvalue weighted by Crippen LogP contribution is 2.63. The highest BCUT2D eigenvalue weighted by atomic mass is 35.5. The first-order valence-corrected chi connectivity index (χ1v) is 11.1. The normalized spacial score (nSPS) is 25.7. The van der Waals surface area contributed by atoms with Crippen LogP contribution in [0.25, 0.3) is 0 Å². The standard InChI is InChI=1S/C27H20ClNO3/c1-29-15-22(16-10-12-18(28)13-11-16)26(14-17-6-2-3-7-19(17)23(26)30)27(29)24(31)20-8-4-5-9-21(20)25(27)32/h2-13,22H,14-15H2,1H3. The number of hydrogen-bond acceptors (Lipinski definition) is 4. The van der Waals surface area contributed by atoms with E-state index in [4.69, 9.17) is 11.6 Å². The van der Waals surface area contributed by atoms with E-state index in [1.807, 2.05) is 41.3 Å². The van der Waals surface area contributed by atoms with Crippen molar-refractivity contribution in [3.8, 4) is 0 Å². The largest absolute Gasteiger partial charge is 0.293 e. The first-order chi connectivity index (χ1) is 15.4. The van der Waals surface area contributed by atoms with Crippen LogP contribution in [0.1, 0.15) is 48.1 Å². The number of hydrogen-bond donors (Lipinski definition) is 0. The Morgan fingerprint density at radius 3 is 1.94 bits per heavy atom. The fourth-order valence-corrected chi connectivity index (χ4v) is 6.58. The van der Waals surface area contributed by atoms with Crippen LogP contribution in [-0.4, -0.2) is 41.4 Å². The Morgan fingerprint density at radius 1 is 0.781 bits per heavy atom. The van der Waals surface area contributed by atoms with Gasteiger partial charge in [-0.3, -0.25) is 19.3 Å². The van der Waals surface area contributed by atoms with Crippen LogP contribution in [0.15, 0.2) is 72.8 Å². The Labute approximate surface area is 190 Å². The molecule has 2 atom stereocenters. The van der Waals surface area contributed by atoms with Gasteiger partial charge < -0.3 is 0 Å². The van der Waals surface area contributed by atoms with Crippen LogP contribution in [0.3, 0.4) is 0 Å². The van der Waals surface area contributed by atoms with Gasteiger partial charge in [0.15, 0.2) is 22.9 Å². The van der Waals surface area contributed by atoms with E-state index < -0.39 is 11.0 Å². The number of carbonyl (C=O) groups excluding carboxylic acids is 3. The lowest BCUT2D eigenvalue weighted by atomic mass is 9.59. The summed E-state index contributed by atoms with van der Waals surface area (Å²) in [5, 5.41) is 0.602. The van der Waals surface area contributed by atoms with Gasteiger partial charge in [-0.05, 0) is 36.7 Å². The van der Waals surface area contributed by atoms with Gasteiger partial charge in [-0.25, -0.2) is 0 Å². The summed E-state index contributed by atoms with van der Waals surface area (Å²) in [6.45, 7) is 0.423. The molecule has 0 amide bonds. The quantitative estimate of drug-likeness (QED) is 0.517. The maximum atomic E-state index is 14.3. The second kappa shape index (κ2) is 6.47. The molecule has 158 valence electrons. The third-order valence-electron chi connectivity index (χ3n) is 7.75. The molecule has 5 heteroatoms. The summed E-state index contributed by atoms with van der Waals surface area (Å²) in [5.74, 6) is -0.977. The van der Waals surface area contributed by atoms with E-state index in [1.54, 1.807) is 43.4 Å². The van der Waals surface area contributed by atoms with E-state index in [2.05, 4.69) is 0 Å². The van der Waals surface area contributed by atoms with Gasteiger partial charge in [0.05, 0.1) is 5.41 Å². The fraction of sp³-hybridized carbons (Fsp3) is 0.222. The molecular weight excluding hydrogens is 422 g/mol. The summed E-state index contributed by atoms with van der Waals surface area (Å²) < 4.78 is 0. The molecular formula is C27H20ClNO3. The van der Waals surface area contributed by atoms with Crippen LogP contribution in [-0.2, 0) is 6.42 Å². The highest BCUT2D eigenvalue weighted by molar-refractivity contribution is 6.36. The van der Waals surface area contributed by atoms with E-state index in [0.717, 1.165) is 11.1 Å². The Bertz CT molecular complexity index is 1290. The van der Waals surface area contributed by atoms with E-state index in [1.165, 1.54) is 0 Å². The average molecular weight is 442 g/mol. The number of benzene rings is 3. The average Bonchev–Trinajstić information content (AvgIpc) is 3.34. The van der Waals surface area contributed by atoms with Gasteiger partial charge in [-0.15, -0.1) is 0 Å². The van der Waals surface area contributed by atoms with Gasteiger partial charge in [-0.2, -0.15) is 0 Å². The third kappa shape index (κ3) is 2.09. The molecule has 3 aromatic rings. The van der Waals surface area contributed by atoms with Crippen LogP contribution in [0.5, 0.6) is 0 Å². The molecule has 0 N–H and O–H groups in total. The van der Waals surface area contributed by atoms with E-state index in [0.29, 0.717) is 34.7 Å². The van der Waals surface area contributed by atoms with Crippen molar-refractivity contribution in [3.63, 3.8) is 0 Å². The number of fused-ring (bicyclic) bond motifs is 3. The monoisotopic (exact) mass is 441 g/mol. The van der Waals surface area contributed by atoms with Crippen LogP contribution < -0.4 is 0 Å². The number of nitrogens with zero attached hydrogens (tertiary/aromatic N) is 1. The summed E-state index contributed by atoms with van der Waals surface area (Å²) in [5.41, 5.74) is 0.452. The predicted octanol–water partition coefficient (Wildman–Crippen LogP) is 4.61. The van der Waals surface area contributed by atoms with Crippen LogP contribution in [0, 0.1) is 5.41 Å². The molecule has 32 heavy (non-hydrogen) atoms. The van der Waals surface area contributed by atoms with Crippen molar-refractivity contribution < 1.29 is 14.4 Å². The summed E-state index contributed by atoms with van der Waals surface area (Å²) in [7, 11) is 1.80. The molecule has 3 aliphatic rings. The fourth-order valence-electron chi connectivity index (χ4n) is 6.46. The lowest BCUT2D eigenvalue weighted by molar-refractivity contribution is 0.0340. The number of Topliss-reactive ketones (excluding diaryl/α,β-unsaturated/α-hetero) is 3. The van der Waals surface area contributed by atoms with Crippen molar-refractivity contribution in [1.82, 2.24) is 4.90 Å². The molecule has 2 aliphatic carbocycles. The third-order valence-corrected chi connectivity index (χ3v) is 8.00. The Kier molecular flexibility index (Phi) is 3.96. The van der Waals surface area contributed by atoms with Crippen molar-refractivity contribution in [2.75, 3.05) is 13.6 Å². The van der Waals surface area contributed by atoms with Gasteiger partial charge in [0.1, 0.15) is 0 Å². The van der Waals surface area contributed by atoms with Gasteiger partial charge in [0.25, 0.3) is 0 Å². The van der Waals surface area contributed by atoms with Crippen LogP contribution in [0.4, 0.5) is 0 Å². The maximum absolute atomic E-state index is 14.3. The Morgan fingerprint density at radius 2 is 1.34 bits per heavy atom. The molecule has 1 aliphatic heterocycles. The smallest absolute Gasteiger partial charge is 0.192 e. The van der Waals surface area contributed by atoms with Crippen molar-refractivity contribution in [1.29, 1.82) is 0 Å². The zero-order valence-electron chi connectivity index (χ0n) is 17.5. The zero-order chi connectivity index (χ0) is 22.3. The summed E-state index contributed by atoms with van der Waals surface area (Å²) in [4.78, 5) is 44.3. The van der Waals surface area contributed by atoms with E-state index >= 15 is 0 Å². The second-order valence-corrected chi connectivity index (χ2v) is 9.47. The molecule has 3 aromatic carbocycles. The molecule has 6 rings (SSSR count). The summed E-state index contributed by atoms with van der Waals surface area (Å²) >= 11 is 6.14. The molecule has 0 bridgehead atoms. The van der Waals surface area contributed by atoms with Gasteiger partial charge in [-0.1, -0.05) is 72.3 Å². The number of halogens is 1. The SMILES string of the molecule is CN1CC(c2ccc(Cl)cc2)C2(Cc3ccccc3C2=O)C12C(=O)c1ccccc1C2=O. The molecule has 1 saturated heterocycles. The van der Waals surface area contributed by atoms with Crippen LogP contribution in [0.2, 0.25) is 5.02 Å². The van der Waals surface area contributed by atoms with Crippen molar-refractivity contribution in [2.24, 2.45) is 5.41 Å². The maximum Gasteiger partial charge on any atom is 0.192 e. The lowest BCUT2D eigenvalue weighted by Gasteiger charge is -2.42. The van der Waals surface area contributed by atoms with Gasteiger partial charge in [0, 0.05) is 34.2 Å². The van der Waals surface area contributed by atoms with E-state index in [9.17, 15) is 14.4 Å². The summed E-state index contributed by atoms with van der Waals surface area (Å²) in [6.07, 6.45) is 0.352. The number of ketones is 3. The minimum atomic E-state index is -1.56. The van der Waals surface area contributed by atoms with Gasteiger partial charge >= 0.3 is 0 Å². The molecule has 1 fully saturated rings. The molecule has 0 radical (unpaired) electrons. The molecule has 2 spiro atoms. The number of carbonyl (C=O) groups is 3. The second-order valence-electron chi connectivity index (χ2n) is 9.03. The van der Waals surface area contributed by atoms with Crippen LogP contribution >= 0.6 is 11.6 Å². The van der Waals surface area contributed by atoms with Crippen molar-refractivity contribution in [2.45, 2.75) is 17.9 Å². The number of rotatable bonds is 1. The van der Waals surface area contributed by atoms with Crippen molar-refractivity contribution >= 4 is 29.0 Å². The lowest BCUT2D eigenvalue weighted by Crippen LogP contribution is -2.63. The first kappa shape index (κ1) is 19.6. The van der Waals surface area contributed by atoms with Crippen molar-refractivity contribution in [3.05, 3.63) is 106 Å². The highest BCUT2D eigenvalue weighted by Gasteiger charge is 2.77. The number of likely N-dealkylation sites (tertiary alicyclic amines) is 1. The summed E-state index contributed by atoms with van der Waals surface area (Å²) in [6, 6.07) is 21.9. The first-order valence-electron chi connectivity index (χ1n) is 10.7. The molecule has 2 unspecified atom stereocenters. The minimum Gasteiger partial charge on any atom is -0.293 e. The zero-order valence-corrected chi connectivity index (χ0v) is 18.2. The molecule has 0 aromatic heterocycles. The topological polar surface area (TPSA) is 54.5 Å².